The molecule has 0 unspecified atom stereocenters. The van der Waals surface area contributed by atoms with Crippen LogP contribution in [0.25, 0.3) is 0 Å². The Morgan fingerprint density at radius 3 is 2.70 bits per heavy atom. The minimum atomic E-state index is -0.947. The molecule has 142 valence electrons. The van der Waals surface area contributed by atoms with E-state index in [4.69, 9.17) is 4.74 Å². The lowest BCUT2D eigenvalue weighted by molar-refractivity contribution is -0.124. The smallest absolute Gasteiger partial charge is 0.253 e. The van der Waals surface area contributed by atoms with E-state index < -0.39 is 18.0 Å². The van der Waals surface area contributed by atoms with Gasteiger partial charge in [-0.25, -0.2) is 4.39 Å². The summed E-state index contributed by atoms with van der Waals surface area (Å²) < 4.78 is 18.3. The number of aliphatic hydroxyl groups is 1. The van der Waals surface area contributed by atoms with Crippen LogP contribution >= 0.6 is 0 Å². The van der Waals surface area contributed by atoms with E-state index in [1.54, 1.807) is 24.3 Å². The van der Waals surface area contributed by atoms with Gasteiger partial charge in [-0.1, -0.05) is 18.2 Å². The Labute approximate surface area is 156 Å². The van der Waals surface area contributed by atoms with E-state index in [1.807, 2.05) is 0 Å². The third-order valence-electron chi connectivity index (χ3n) is 4.33. The van der Waals surface area contributed by atoms with Crippen molar-refractivity contribution in [3.05, 3.63) is 65.5 Å². The Morgan fingerprint density at radius 1 is 1.22 bits per heavy atom. The van der Waals surface area contributed by atoms with Gasteiger partial charge in [-0.05, 0) is 48.7 Å². The van der Waals surface area contributed by atoms with Crippen molar-refractivity contribution in [3.8, 4) is 0 Å². The molecular formula is C20H21FN2O4. The Bertz CT molecular complexity index is 804. The van der Waals surface area contributed by atoms with Crippen molar-refractivity contribution in [2.75, 3.05) is 18.5 Å². The Morgan fingerprint density at radius 2 is 2.00 bits per heavy atom. The van der Waals surface area contributed by atoms with Crippen molar-refractivity contribution < 1.29 is 23.8 Å². The van der Waals surface area contributed by atoms with Crippen LogP contribution < -0.4 is 10.6 Å². The number of carbonyl (C=O) groups excluding carboxylic acids is 2. The molecule has 1 aliphatic heterocycles. The quantitative estimate of drug-likeness (QED) is 0.727. The van der Waals surface area contributed by atoms with Crippen LogP contribution in [-0.2, 0) is 9.53 Å². The van der Waals surface area contributed by atoms with Crippen molar-refractivity contribution in [2.24, 2.45) is 0 Å². The first kappa shape index (κ1) is 19.0. The van der Waals surface area contributed by atoms with E-state index in [0.717, 1.165) is 6.42 Å². The number of ether oxygens (including phenoxy) is 1. The lowest BCUT2D eigenvalue weighted by Gasteiger charge is -2.13. The average molecular weight is 372 g/mol. The zero-order chi connectivity index (χ0) is 19.2. The van der Waals surface area contributed by atoms with E-state index in [9.17, 15) is 19.1 Å². The molecule has 1 saturated heterocycles. The van der Waals surface area contributed by atoms with E-state index in [0.29, 0.717) is 29.8 Å². The summed E-state index contributed by atoms with van der Waals surface area (Å²) >= 11 is 0. The molecule has 1 heterocycles. The van der Waals surface area contributed by atoms with Crippen LogP contribution in [0.4, 0.5) is 10.1 Å². The molecule has 0 radical (unpaired) electrons. The molecule has 2 atom stereocenters. The molecule has 0 aromatic heterocycles. The number of benzene rings is 2. The Kier molecular flexibility index (Phi) is 6.16. The first-order chi connectivity index (χ1) is 13.0. The predicted octanol–water partition coefficient (Wildman–Crippen LogP) is 2.41. The van der Waals surface area contributed by atoms with E-state index in [1.165, 1.54) is 24.3 Å². The average Bonchev–Trinajstić information content (AvgIpc) is 3.21. The van der Waals surface area contributed by atoms with Gasteiger partial charge in [-0.15, -0.1) is 0 Å². The summed E-state index contributed by atoms with van der Waals surface area (Å²) in [4.78, 5) is 24.4. The molecule has 2 aromatic rings. The van der Waals surface area contributed by atoms with Gasteiger partial charge in [-0.3, -0.25) is 9.59 Å². The topological polar surface area (TPSA) is 87.7 Å². The fourth-order valence-corrected chi connectivity index (χ4v) is 2.84. The Balaban J connectivity index is 1.56. The summed E-state index contributed by atoms with van der Waals surface area (Å²) in [5, 5.41) is 15.5. The van der Waals surface area contributed by atoms with Gasteiger partial charge in [0.05, 0.1) is 6.10 Å². The molecule has 0 spiro atoms. The summed E-state index contributed by atoms with van der Waals surface area (Å²) in [5.41, 5.74) is 1.36. The Hall–Kier alpha value is -2.77. The van der Waals surface area contributed by atoms with Crippen LogP contribution in [0.5, 0.6) is 0 Å². The molecule has 3 rings (SSSR count). The van der Waals surface area contributed by atoms with E-state index >= 15 is 0 Å². The highest BCUT2D eigenvalue weighted by molar-refractivity contribution is 5.98. The third-order valence-corrected chi connectivity index (χ3v) is 4.33. The van der Waals surface area contributed by atoms with Crippen molar-refractivity contribution >= 4 is 17.5 Å². The lowest BCUT2D eigenvalue weighted by Crippen LogP contribution is -2.29. The summed E-state index contributed by atoms with van der Waals surface area (Å²) in [6.45, 7) is 0.563. The molecule has 1 aliphatic rings. The number of rotatable bonds is 6. The number of hydrogen-bond donors (Lipinski definition) is 3. The highest BCUT2D eigenvalue weighted by atomic mass is 19.1. The van der Waals surface area contributed by atoms with Crippen molar-refractivity contribution in [1.82, 2.24) is 5.32 Å². The van der Waals surface area contributed by atoms with Gasteiger partial charge >= 0.3 is 0 Å². The molecule has 1 fully saturated rings. The molecule has 3 N–H and O–H groups in total. The zero-order valence-corrected chi connectivity index (χ0v) is 14.7. The third kappa shape index (κ3) is 5.12. The number of carbonyl (C=O) groups is 2. The van der Waals surface area contributed by atoms with Gasteiger partial charge in [0, 0.05) is 24.4 Å². The van der Waals surface area contributed by atoms with Crippen LogP contribution in [0.15, 0.2) is 48.5 Å². The monoisotopic (exact) mass is 372 g/mol. The first-order valence-corrected chi connectivity index (χ1v) is 8.77. The van der Waals surface area contributed by atoms with Crippen LogP contribution in [0.2, 0.25) is 0 Å². The fraction of sp³-hybridized carbons (Fsp3) is 0.300. The number of nitrogens with one attached hydrogen (secondary N) is 2. The minimum Gasteiger partial charge on any atom is -0.387 e. The molecule has 27 heavy (non-hydrogen) atoms. The molecule has 0 saturated carbocycles. The largest absolute Gasteiger partial charge is 0.387 e. The summed E-state index contributed by atoms with van der Waals surface area (Å²) in [6, 6.07) is 12.0. The highest BCUT2D eigenvalue weighted by Crippen LogP contribution is 2.17. The van der Waals surface area contributed by atoms with Gasteiger partial charge in [0.1, 0.15) is 11.9 Å². The predicted molar refractivity (Wildman–Crippen MR) is 97.7 cm³/mol. The maximum atomic E-state index is 12.9. The molecule has 7 heteroatoms. The van der Waals surface area contributed by atoms with Crippen molar-refractivity contribution in [3.63, 3.8) is 0 Å². The maximum Gasteiger partial charge on any atom is 0.253 e. The molecule has 0 bridgehead atoms. The standard InChI is InChI=1S/C20H21FN2O4/c21-15-8-6-13(7-9-15)17(24)12-22-19(25)14-3-1-4-16(11-14)23-20(26)18-5-2-10-27-18/h1,3-4,6-9,11,17-18,24H,2,5,10,12H2,(H,22,25)(H,23,26)/t17-,18+/m1/s1. The number of anilines is 1. The van der Waals surface area contributed by atoms with Gasteiger partial charge in [0.15, 0.2) is 0 Å². The second-order valence-corrected chi connectivity index (χ2v) is 6.35. The molecular weight excluding hydrogens is 351 g/mol. The SMILES string of the molecule is O=C(NC[C@@H](O)c1ccc(F)cc1)c1cccc(NC(=O)[C@@H]2CCCO2)c1. The number of aliphatic hydroxyl groups excluding tert-OH is 1. The summed E-state index contributed by atoms with van der Waals surface area (Å²) in [6.07, 6.45) is 0.148. The van der Waals surface area contributed by atoms with Gasteiger partial charge in [0.25, 0.3) is 11.8 Å². The van der Waals surface area contributed by atoms with Gasteiger partial charge < -0.3 is 20.5 Å². The second kappa shape index (κ2) is 8.75. The summed E-state index contributed by atoms with van der Waals surface area (Å²) in [7, 11) is 0. The van der Waals surface area contributed by atoms with E-state index in [2.05, 4.69) is 10.6 Å². The van der Waals surface area contributed by atoms with Gasteiger partial charge in [-0.2, -0.15) is 0 Å². The molecule has 2 amide bonds. The van der Waals surface area contributed by atoms with Crippen LogP contribution in [0, 0.1) is 5.82 Å². The van der Waals surface area contributed by atoms with Crippen LogP contribution in [-0.4, -0.2) is 36.2 Å². The number of hydrogen-bond acceptors (Lipinski definition) is 4. The van der Waals surface area contributed by atoms with Crippen LogP contribution in [0.3, 0.4) is 0 Å². The first-order valence-electron chi connectivity index (χ1n) is 8.77. The second-order valence-electron chi connectivity index (χ2n) is 6.35. The van der Waals surface area contributed by atoms with Crippen LogP contribution in [0.1, 0.15) is 34.9 Å². The number of amides is 2. The van der Waals surface area contributed by atoms with Gasteiger partial charge in [0.2, 0.25) is 0 Å². The normalized spacial score (nSPS) is 17.3. The molecule has 0 aliphatic carbocycles. The number of halogens is 1. The molecule has 6 nitrogen and oxygen atoms in total. The molecule has 2 aromatic carbocycles. The zero-order valence-electron chi connectivity index (χ0n) is 14.7. The maximum absolute atomic E-state index is 12.9. The summed E-state index contributed by atoms with van der Waals surface area (Å²) in [5.74, 6) is -1.00. The fourth-order valence-electron chi connectivity index (χ4n) is 2.84. The van der Waals surface area contributed by atoms with E-state index in [-0.39, 0.29) is 18.4 Å². The van der Waals surface area contributed by atoms with Crippen molar-refractivity contribution in [1.29, 1.82) is 0 Å². The van der Waals surface area contributed by atoms with Crippen molar-refractivity contribution in [2.45, 2.75) is 25.0 Å². The lowest BCUT2D eigenvalue weighted by atomic mass is 10.1. The highest BCUT2D eigenvalue weighted by Gasteiger charge is 2.23. The minimum absolute atomic E-state index is 0.0169.